The van der Waals surface area contributed by atoms with Crippen LogP contribution in [0.1, 0.15) is 49.8 Å². The molecule has 0 unspecified atom stereocenters. The van der Waals surface area contributed by atoms with Crippen molar-refractivity contribution >= 4 is 0 Å². The van der Waals surface area contributed by atoms with Crippen LogP contribution >= 0.6 is 0 Å². The summed E-state index contributed by atoms with van der Waals surface area (Å²) < 4.78 is 0. The first-order valence-electron chi connectivity index (χ1n) is 6.67. The zero-order valence-electron chi connectivity index (χ0n) is 10.6. The Morgan fingerprint density at radius 1 is 1.29 bits per heavy atom. The summed E-state index contributed by atoms with van der Waals surface area (Å²) in [6.07, 6.45) is 9.71. The lowest BCUT2D eigenvalue weighted by atomic mass is 10.1. The van der Waals surface area contributed by atoms with Gasteiger partial charge < -0.3 is 10.3 Å². The van der Waals surface area contributed by atoms with Crippen molar-refractivity contribution in [3.8, 4) is 0 Å². The van der Waals surface area contributed by atoms with Gasteiger partial charge in [0, 0.05) is 36.1 Å². The van der Waals surface area contributed by atoms with Crippen molar-refractivity contribution in [3.05, 3.63) is 33.7 Å². The van der Waals surface area contributed by atoms with E-state index in [2.05, 4.69) is 10.3 Å². The lowest BCUT2D eigenvalue weighted by Crippen LogP contribution is -2.30. The van der Waals surface area contributed by atoms with Crippen molar-refractivity contribution in [3.63, 3.8) is 0 Å². The largest absolute Gasteiger partial charge is 0.365 e. The Hall–Kier alpha value is -1.09. The molecule has 94 valence electrons. The number of hydrogen-bond acceptors (Lipinski definition) is 2. The number of aryl methyl sites for hydroxylation is 1. The average Bonchev–Trinajstić information content (AvgIpc) is 2.56. The highest BCUT2D eigenvalue weighted by atomic mass is 16.1. The fourth-order valence-corrected chi connectivity index (χ4v) is 2.48. The molecule has 1 saturated carbocycles. The van der Waals surface area contributed by atoms with Gasteiger partial charge in [-0.1, -0.05) is 25.7 Å². The highest BCUT2D eigenvalue weighted by Crippen LogP contribution is 2.17. The molecule has 1 aliphatic carbocycles. The van der Waals surface area contributed by atoms with E-state index in [1.165, 1.54) is 38.5 Å². The second kappa shape index (κ2) is 6.01. The molecule has 0 spiro atoms. The Kier molecular flexibility index (Phi) is 4.37. The standard InChI is InChI=1S/C14H22N2O/c1-11-8-14(17)12(9-15-11)10-16-13-6-4-2-3-5-7-13/h8-9,13,16H,2-7,10H2,1H3,(H,15,17). The molecular weight excluding hydrogens is 212 g/mol. The Morgan fingerprint density at radius 2 is 2.00 bits per heavy atom. The molecule has 1 aliphatic rings. The van der Waals surface area contributed by atoms with Gasteiger partial charge in [-0.25, -0.2) is 0 Å². The van der Waals surface area contributed by atoms with E-state index in [4.69, 9.17) is 0 Å². The summed E-state index contributed by atoms with van der Waals surface area (Å²) in [7, 11) is 0. The molecule has 2 rings (SSSR count). The van der Waals surface area contributed by atoms with Crippen LogP contribution in [0.25, 0.3) is 0 Å². The lowest BCUT2D eigenvalue weighted by Gasteiger charge is -2.15. The predicted molar refractivity (Wildman–Crippen MR) is 70.1 cm³/mol. The molecule has 0 atom stereocenters. The van der Waals surface area contributed by atoms with Crippen molar-refractivity contribution in [1.29, 1.82) is 0 Å². The number of pyridine rings is 1. The van der Waals surface area contributed by atoms with E-state index in [-0.39, 0.29) is 5.43 Å². The van der Waals surface area contributed by atoms with Crippen molar-refractivity contribution in [2.75, 3.05) is 0 Å². The Labute approximate surface area is 103 Å². The van der Waals surface area contributed by atoms with Crippen LogP contribution in [-0.2, 0) is 6.54 Å². The quantitative estimate of drug-likeness (QED) is 0.789. The number of aromatic amines is 1. The van der Waals surface area contributed by atoms with Gasteiger partial charge in [-0.05, 0) is 19.8 Å². The van der Waals surface area contributed by atoms with Crippen molar-refractivity contribution in [1.82, 2.24) is 10.3 Å². The molecule has 0 bridgehead atoms. The first-order valence-corrected chi connectivity index (χ1v) is 6.67. The molecule has 0 amide bonds. The maximum atomic E-state index is 11.7. The predicted octanol–water partition coefficient (Wildman–Crippen LogP) is 2.50. The van der Waals surface area contributed by atoms with Gasteiger partial charge in [0.25, 0.3) is 0 Å². The third-order valence-electron chi connectivity index (χ3n) is 3.57. The van der Waals surface area contributed by atoms with Gasteiger partial charge in [0.15, 0.2) is 5.43 Å². The van der Waals surface area contributed by atoms with Crippen molar-refractivity contribution < 1.29 is 0 Å². The third kappa shape index (κ3) is 3.70. The average molecular weight is 234 g/mol. The summed E-state index contributed by atoms with van der Waals surface area (Å²) in [5.41, 5.74) is 1.91. The van der Waals surface area contributed by atoms with Crippen molar-refractivity contribution in [2.24, 2.45) is 0 Å². The highest BCUT2D eigenvalue weighted by Gasteiger charge is 2.11. The first-order chi connectivity index (χ1) is 8.25. The van der Waals surface area contributed by atoms with Gasteiger partial charge in [0.1, 0.15) is 0 Å². The minimum Gasteiger partial charge on any atom is -0.365 e. The Morgan fingerprint density at radius 3 is 2.65 bits per heavy atom. The van der Waals surface area contributed by atoms with E-state index in [0.29, 0.717) is 12.6 Å². The topological polar surface area (TPSA) is 44.9 Å². The van der Waals surface area contributed by atoms with E-state index in [0.717, 1.165) is 11.3 Å². The molecule has 0 saturated heterocycles. The Balaban J connectivity index is 1.90. The van der Waals surface area contributed by atoms with Gasteiger partial charge in [0.2, 0.25) is 0 Å². The van der Waals surface area contributed by atoms with Gasteiger partial charge >= 0.3 is 0 Å². The minimum absolute atomic E-state index is 0.141. The number of nitrogens with one attached hydrogen (secondary N) is 2. The summed E-state index contributed by atoms with van der Waals surface area (Å²) in [4.78, 5) is 14.8. The van der Waals surface area contributed by atoms with E-state index >= 15 is 0 Å². The van der Waals surface area contributed by atoms with Crippen molar-refractivity contribution in [2.45, 2.75) is 58.0 Å². The fraction of sp³-hybridized carbons (Fsp3) is 0.643. The van der Waals surface area contributed by atoms with Crippen LogP contribution in [0, 0.1) is 6.92 Å². The van der Waals surface area contributed by atoms with Crippen LogP contribution in [0.2, 0.25) is 0 Å². The maximum absolute atomic E-state index is 11.7. The third-order valence-corrected chi connectivity index (χ3v) is 3.57. The SMILES string of the molecule is Cc1cc(=O)c(CNC2CCCCCC2)c[nH]1. The number of hydrogen-bond donors (Lipinski definition) is 2. The minimum atomic E-state index is 0.141. The number of H-pyrrole nitrogens is 1. The van der Waals surface area contributed by atoms with E-state index in [1.54, 1.807) is 6.07 Å². The smallest absolute Gasteiger partial charge is 0.186 e. The molecule has 17 heavy (non-hydrogen) atoms. The zero-order valence-corrected chi connectivity index (χ0v) is 10.6. The summed E-state index contributed by atoms with van der Waals surface area (Å²) in [6.45, 7) is 2.60. The van der Waals surface area contributed by atoms with Crippen LogP contribution in [0.3, 0.4) is 0 Å². The summed E-state index contributed by atoms with van der Waals surface area (Å²) in [5, 5.41) is 3.52. The highest BCUT2D eigenvalue weighted by molar-refractivity contribution is 5.13. The lowest BCUT2D eigenvalue weighted by molar-refractivity contribution is 0.458. The maximum Gasteiger partial charge on any atom is 0.186 e. The van der Waals surface area contributed by atoms with E-state index in [9.17, 15) is 4.79 Å². The summed E-state index contributed by atoms with van der Waals surface area (Å²) >= 11 is 0. The molecule has 0 radical (unpaired) electrons. The van der Waals surface area contributed by atoms with Gasteiger partial charge in [-0.2, -0.15) is 0 Å². The van der Waals surface area contributed by atoms with Crippen LogP contribution in [0.5, 0.6) is 0 Å². The number of aromatic nitrogens is 1. The van der Waals surface area contributed by atoms with Crippen LogP contribution in [0.4, 0.5) is 0 Å². The first kappa shape index (κ1) is 12.4. The molecule has 1 aromatic heterocycles. The zero-order chi connectivity index (χ0) is 12.1. The molecule has 0 aliphatic heterocycles. The van der Waals surface area contributed by atoms with E-state index < -0.39 is 0 Å². The summed E-state index contributed by atoms with van der Waals surface area (Å²) in [6, 6.07) is 2.27. The van der Waals surface area contributed by atoms with E-state index in [1.807, 2.05) is 13.1 Å². The summed E-state index contributed by atoms with van der Waals surface area (Å²) in [5.74, 6) is 0. The van der Waals surface area contributed by atoms with Crippen LogP contribution in [0.15, 0.2) is 17.1 Å². The van der Waals surface area contributed by atoms with Gasteiger partial charge in [0.05, 0.1) is 0 Å². The van der Waals surface area contributed by atoms with Crippen LogP contribution in [-0.4, -0.2) is 11.0 Å². The molecule has 1 heterocycles. The molecule has 3 heteroatoms. The number of rotatable bonds is 3. The second-order valence-electron chi connectivity index (χ2n) is 5.07. The molecule has 3 nitrogen and oxygen atoms in total. The monoisotopic (exact) mass is 234 g/mol. The fourth-order valence-electron chi connectivity index (χ4n) is 2.48. The normalized spacial score (nSPS) is 17.9. The molecule has 1 fully saturated rings. The second-order valence-corrected chi connectivity index (χ2v) is 5.07. The molecular formula is C14H22N2O. The van der Waals surface area contributed by atoms with Gasteiger partial charge in [-0.15, -0.1) is 0 Å². The Bertz CT molecular complexity index is 403. The van der Waals surface area contributed by atoms with Crippen LogP contribution < -0.4 is 10.7 Å². The van der Waals surface area contributed by atoms with Gasteiger partial charge in [-0.3, -0.25) is 4.79 Å². The molecule has 2 N–H and O–H groups in total. The molecule has 1 aromatic rings. The molecule has 0 aromatic carbocycles.